The van der Waals surface area contributed by atoms with Gasteiger partial charge in [-0.15, -0.1) is 0 Å². The molecule has 6 heteroatoms. The molecule has 26 heavy (non-hydrogen) atoms. The average molecular weight is 362 g/mol. The van der Waals surface area contributed by atoms with Crippen molar-refractivity contribution in [2.45, 2.75) is 58.5 Å². The topological polar surface area (TPSA) is 93.1 Å². The van der Waals surface area contributed by atoms with Gasteiger partial charge in [-0.2, -0.15) is 0 Å². The summed E-state index contributed by atoms with van der Waals surface area (Å²) in [5.74, 6) is -2.12. The number of carbonyl (C=O) groups excluding carboxylic acids is 2. The van der Waals surface area contributed by atoms with Gasteiger partial charge in [-0.25, -0.2) is 9.59 Å². The SMILES string of the molecule is C=C1C(=O)O[C@H]2[C@H]1[C@@H](OC(=O)/C(C)=C\C)[C@H](O)[C@@]1(C)[C@H](O)CC=C(C)[C@H]21. The van der Waals surface area contributed by atoms with Gasteiger partial charge < -0.3 is 19.7 Å². The normalized spacial score (nSPS) is 42.5. The van der Waals surface area contributed by atoms with Gasteiger partial charge in [0.05, 0.1) is 12.0 Å². The first-order valence-electron chi connectivity index (χ1n) is 8.91. The molecule has 1 heterocycles. The van der Waals surface area contributed by atoms with Gasteiger partial charge in [-0.3, -0.25) is 0 Å². The van der Waals surface area contributed by atoms with Crippen molar-refractivity contribution in [1.82, 2.24) is 0 Å². The van der Waals surface area contributed by atoms with Crippen molar-refractivity contribution in [3.63, 3.8) is 0 Å². The van der Waals surface area contributed by atoms with E-state index in [0.29, 0.717) is 12.0 Å². The zero-order valence-corrected chi connectivity index (χ0v) is 15.6. The van der Waals surface area contributed by atoms with Crippen LogP contribution in [0.4, 0.5) is 0 Å². The Labute approximate surface area is 153 Å². The van der Waals surface area contributed by atoms with Crippen LogP contribution in [0.1, 0.15) is 34.1 Å². The highest BCUT2D eigenvalue weighted by Gasteiger charge is 2.66. The average Bonchev–Trinajstić information content (AvgIpc) is 2.89. The fourth-order valence-corrected chi connectivity index (χ4v) is 4.66. The Bertz CT molecular complexity index is 720. The molecule has 3 rings (SSSR count). The van der Waals surface area contributed by atoms with Gasteiger partial charge in [0.15, 0.2) is 0 Å². The van der Waals surface area contributed by atoms with Crippen LogP contribution in [0.5, 0.6) is 0 Å². The van der Waals surface area contributed by atoms with Crippen LogP contribution in [0.15, 0.2) is 35.5 Å². The summed E-state index contributed by atoms with van der Waals surface area (Å²) in [5.41, 5.74) is 0.542. The molecule has 1 saturated carbocycles. The van der Waals surface area contributed by atoms with Gasteiger partial charge in [0.2, 0.25) is 0 Å². The van der Waals surface area contributed by atoms with Crippen molar-refractivity contribution in [2.75, 3.05) is 0 Å². The van der Waals surface area contributed by atoms with Crippen molar-refractivity contribution < 1.29 is 29.3 Å². The molecule has 2 aliphatic carbocycles. The summed E-state index contributed by atoms with van der Waals surface area (Å²) < 4.78 is 11.2. The number of esters is 2. The molecule has 2 N–H and O–H groups in total. The van der Waals surface area contributed by atoms with E-state index in [-0.39, 0.29) is 11.5 Å². The largest absolute Gasteiger partial charge is 0.458 e. The monoisotopic (exact) mass is 362 g/mol. The number of aliphatic hydroxyl groups excluding tert-OH is 2. The molecule has 7 atom stereocenters. The Hall–Kier alpha value is -1.92. The van der Waals surface area contributed by atoms with Crippen LogP contribution in [-0.2, 0) is 19.1 Å². The molecular weight excluding hydrogens is 336 g/mol. The van der Waals surface area contributed by atoms with E-state index in [1.54, 1.807) is 26.8 Å². The quantitative estimate of drug-likeness (QED) is 0.441. The third-order valence-electron chi connectivity index (χ3n) is 6.43. The Morgan fingerprint density at radius 1 is 1.46 bits per heavy atom. The lowest BCUT2D eigenvalue weighted by molar-refractivity contribution is -0.216. The van der Waals surface area contributed by atoms with Crippen LogP contribution >= 0.6 is 0 Å². The van der Waals surface area contributed by atoms with Crippen LogP contribution in [0.25, 0.3) is 0 Å². The maximum absolute atomic E-state index is 12.3. The molecule has 0 bridgehead atoms. The van der Waals surface area contributed by atoms with Crippen LogP contribution in [0.2, 0.25) is 0 Å². The highest BCUT2D eigenvalue weighted by molar-refractivity contribution is 5.92. The number of fused-ring (bicyclic) bond motifs is 3. The third kappa shape index (κ3) is 2.47. The number of allylic oxidation sites excluding steroid dienone is 1. The zero-order chi connectivity index (χ0) is 19.4. The van der Waals surface area contributed by atoms with E-state index in [9.17, 15) is 19.8 Å². The first-order chi connectivity index (χ1) is 12.1. The molecule has 2 fully saturated rings. The van der Waals surface area contributed by atoms with Gasteiger partial charge in [0.1, 0.15) is 18.3 Å². The second kappa shape index (κ2) is 6.35. The van der Waals surface area contributed by atoms with E-state index in [1.165, 1.54) is 0 Å². The molecule has 142 valence electrons. The van der Waals surface area contributed by atoms with E-state index >= 15 is 0 Å². The predicted octanol–water partition coefficient (Wildman–Crippen LogP) is 1.67. The fourth-order valence-electron chi connectivity index (χ4n) is 4.66. The Morgan fingerprint density at radius 2 is 2.12 bits per heavy atom. The molecule has 0 aromatic carbocycles. The maximum Gasteiger partial charge on any atom is 0.334 e. The lowest BCUT2D eigenvalue weighted by atomic mass is 9.53. The van der Waals surface area contributed by atoms with Crippen molar-refractivity contribution in [2.24, 2.45) is 17.3 Å². The lowest BCUT2D eigenvalue weighted by Crippen LogP contribution is -2.65. The summed E-state index contributed by atoms with van der Waals surface area (Å²) >= 11 is 0. The first kappa shape index (κ1) is 18.9. The molecule has 1 aliphatic heterocycles. The third-order valence-corrected chi connectivity index (χ3v) is 6.43. The molecule has 0 unspecified atom stereocenters. The van der Waals surface area contributed by atoms with E-state index in [2.05, 4.69) is 6.58 Å². The molecule has 6 nitrogen and oxygen atoms in total. The first-order valence-corrected chi connectivity index (χ1v) is 8.91. The predicted molar refractivity (Wildman–Crippen MR) is 93.8 cm³/mol. The van der Waals surface area contributed by atoms with E-state index < -0.39 is 47.7 Å². The minimum Gasteiger partial charge on any atom is -0.458 e. The molecule has 0 radical (unpaired) electrons. The highest BCUT2D eigenvalue weighted by atomic mass is 16.6. The second-order valence-corrected chi connectivity index (χ2v) is 7.75. The van der Waals surface area contributed by atoms with Crippen molar-refractivity contribution in [1.29, 1.82) is 0 Å². The Balaban J connectivity index is 2.08. The second-order valence-electron chi connectivity index (χ2n) is 7.75. The number of ether oxygens (including phenoxy) is 2. The van der Waals surface area contributed by atoms with Crippen molar-refractivity contribution >= 4 is 11.9 Å². The van der Waals surface area contributed by atoms with Gasteiger partial charge in [0.25, 0.3) is 0 Å². The van der Waals surface area contributed by atoms with Gasteiger partial charge in [-0.05, 0) is 27.2 Å². The molecule has 0 aromatic rings. The molecule has 0 spiro atoms. The minimum atomic E-state index is -1.16. The standard InChI is InChI=1S/C20H26O6/c1-6-9(2)18(23)26-16-13-11(4)19(24)25-15(13)14-10(3)7-8-12(21)20(14,5)17(16)22/h6-7,12-17,21-22H,4,8H2,1-3,5H3/b9-6-/t12-,13+,14-,15+,16-,17+,20+/m1/s1. The smallest absolute Gasteiger partial charge is 0.334 e. The van der Waals surface area contributed by atoms with Gasteiger partial charge >= 0.3 is 11.9 Å². The number of aliphatic hydroxyl groups is 2. The number of hydrogen-bond donors (Lipinski definition) is 2. The van der Waals surface area contributed by atoms with E-state index in [4.69, 9.17) is 9.47 Å². The summed E-state index contributed by atoms with van der Waals surface area (Å²) in [7, 11) is 0. The van der Waals surface area contributed by atoms with Crippen LogP contribution in [0, 0.1) is 17.3 Å². The zero-order valence-electron chi connectivity index (χ0n) is 15.6. The number of carbonyl (C=O) groups is 2. The number of rotatable bonds is 2. The molecule has 0 amide bonds. The minimum absolute atomic E-state index is 0.194. The van der Waals surface area contributed by atoms with Crippen LogP contribution in [-0.4, -0.2) is 46.6 Å². The van der Waals surface area contributed by atoms with Crippen molar-refractivity contribution in [3.05, 3.63) is 35.5 Å². The van der Waals surface area contributed by atoms with E-state index in [0.717, 1.165) is 5.57 Å². The summed E-state index contributed by atoms with van der Waals surface area (Å²) in [4.78, 5) is 24.5. The Morgan fingerprint density at radius 3 is 2.73 bits per heavy atom. The van der Waals surface area contributed by atoms with Gasteiger partial charge in [0, 0.05) is 22.5 Å². The van der Waals surface area contributed by atoms with Crippen LogP contribution in [0.3, 0.4) is 0 Å². The summed E-state index contributed by atoms with van der Waals surface area (Å²) in [6.07, 6.45) is 0.271. The van der Waals surface area contributed by atoms with Gasteiger partial charge in [-0.1, -0.05) is 31.2 Å². The summed E-state index contributed by atoms with van der Waals surface area (Å²) in [6.45, 7) is 10.8. The number of hydrogen-bond acceptors (Lipinski definition) is 6. The van der Waals surface area contributed by atoms with E-state index in [1.807, 2.05) is 13.0 Å². The van der Waals surface area contributed by atoms with Crippen LogP contribution < -0.4 is 0 Å². The molecule has 1 saturated heterocycles. The molecule has 0 aromatic heterocycles. The summed E-state index contributed by atoms with van der Waals surface area (Å²) in [5, 5.41) is 21.9. The maximum atomic E-state index is 12.3. The van der Waals surface area contributed by atoms with Crippen molar-refractivity contribution in [3.8, 4) is 0 Å². The fraction of sp³-hybridized carbons (Fsp3) is 0.600. The molecular formula is C20H26O6. The summed E-state index contributed by atoms with van der Waals surface area (Å²) in [6, 6.07) is 0. The Kier molecular flexibility index (Phi) is 4.61. The highest BCUT2D eigenvalue weighted by Crippen LogP contribution is 2.57. The molecule has 3 aliphatic rings. The lowest BCUT2D eigenvalue weighted by Gasteiger charge is -2.56.